The van der Waals surface area contributed by atoms with Crippen LogP contribution >= 0.6 is 34.5 Å². The van der Waals surface area contributed by atoms with E-state index in [1.165, 1.54) is 4.88 Å². The van der Waals surface area contributed by atoms with Gasteiger partial charge in [-0.3, -0.25) is 0 Å². The molecule has 2 heterocycles. The molecule has 2 aromatic heterocycles. The van der Waals surface area contributed by atoms with Gasteiger partial charge in [0.05, 0.1) is 10.0 Å². The molecule has 0 aliphatic rings. The minimum atomic E-state index is -0.00638. The van der Waals surface area contributed by atoms with Crippen molar-refractivity contribution in [1.82, 2.24) is 4.98 Å². The Bertz CT molecular complexity index is 568. The van der Waals surface area contributed by atoms with Gasteiger partial charge in [-0.2, -0.15) is 0 Å². The molecule has 0 aliphatic heterocycles. The first-order chi connectivity index (χ1) is 8.90. The van der Waals surface area contributed by atoms with Gasteiger partial charge in [-0.15, -0.1) is 11.3 Å². The Balaban J connectivity index is 2.13. The zero-order chi connectivity index (χ0) is 14.0. The SMILES string of the molecule is CC(C)(CNc1nc(N)c(Cl)cc1Cl)c1cccs1. The van der Waals surface area contributed by atoms with Gasteiger partial charge in [-0.1, -0.05) is 43.1 Å². The number of pyridine rings is 1. The first kappa shape index (κ1) is 14.4. The van der Waals surface area contributed by atoms with Gasteiger partial charge < -0.3 is 11.1 Å². The lowest BCUT2D eigenvalue weighted by Gasteiger charge is -2.24. The zero-order valence-electron chi connectivity index (χ0n) is 10.7. The highest BCUT2D eigenvalue weighted by Crippen LogP contribution is 2.31. The van der Waals surface area contributed by atoms with Crippen LogP contribution in [0.15, 0.2) is 23.6 Å². The van der Waals surface area contributed by atoms with Crippen LogP contribution in [0.25, 0.3) is 0 Å². The minimum absolute atomic E-state index is 0.00638. The van der Waals surface area contributed by atoms with E-state index in [0.717, 1.165) is 0 Å². The predicted octanol–water partition coefficient (Wildman–Crippen LogP) is 4.42. The fourth-order valence-electron chi connectivity index (χ4n) is 1.66. The van der Waals surface area contributed by atoms with Gasteiger partial charge in [0.25, 0.3) is 0 Å². The molecule has 0 aromatic carbocycles. The lowest BCUT2D eigenvalue weighted by Crippen LogP contribution is -2.27. The molecular weight excluding hydrogens is 301 g/mol. The third-order valence-electron chi connectivity index (χ3n) is 2.84. The molecule has 0 bridgehead atoms. The second kappa shape index (κ2) is 5.57. The highest BCUT2D eigenvalue weighted by molar-refractivity contribution is 7.10. The molecular formula is C13H15Cl2N3S. The lowest BCUT2D eigenvalue weighted by atomic mass is 9.91. The molecule has 3 nitrogen and oxygen atoms in total. The van der Waals surface area contributed by atoms with Crippen molar-refractivity contribution < 1.29 is 0 Å². The Kier molecular flexibility index (Phi) is 4.23. The molecule has 102 valence electrons. The fourth-order valence-corrected chi connectivity index (χ4v) is 2.94. The molecule has 0 fully saturated rings. The van der Waals surface area contributed by atoms with E-state index in [1.54, 1.807) is 17.4 Å². The van der Waals surface area contributed by atoms with E-state index in [4.69, 9.17) is 28.9 Å². The quantitative estimate of drug-likeness (QED) is 0.878. The van der Waals surface area contributed by atoms with Crippen molar-refractivity contribution in [3.63, 3.8) is 0 Å². The molecule has 0 spiro atoms. The topological polar surface area (TPSA) is 50.9 Å². The number of nitrogens with two attached hydrogens (primary N) is 1. The van der Waals surface area contributed by atoms with Crippen LogP contribution in [0.5, 0.6) is 0 Å². The molecule has 0 aliphatic carbocycles. The average molecular weight is 316 g/mol. The van der Waals surface area contributed by atoms with E-state index >= 15 is 0 Å². The van der Waals surface area contributed by atoms with Crippen molar-refractivity contribution in [1.29, 1.82) is 0 Å². The monoisotopic (exact) mass is 315 g/mol. The number of hydrogen-bond donors (Lipinski definition) is 2. The molecule has 0 saturated carbocycles. The van der Waals surface area contributed by atoms with Crippen molar-refractivity contribution in [3.8, 4) is 0 Å². The van der Waals surface area contributed by atoms with Crippen LogP contribution in [0, 0.1) is 0 Å². The van der Waals surface area contributed by atoms with Crippen LogP contribution in [0.3, 0.4) is 0 Å². The normalized spacial score (nSPS) is 11.6. The summed E-state index contributed by atoms with van der Waals surface area (Å²) in [6.45, 7) is 5.04. The highest BCUT2D eigenvalue weighted by atomic mass is 35.5. The Labute approximate surface area is 126 Å². The summed E-state index contributed by atoms with van der Waals surface area (Å²) in [6, 6.07) is 5.77. The Morgan fingerprint density at radius 2 is 2.11 bits per heavy atom. The summed E-state index contributed by atoms with van der Waals surface area (Å²) in [5, 5.41) is 6.15. The number of hydrogen-bond acceptors (Lipinski definition) is 4. The van der Waals surface area contributed by atoms with E-state index in [1.807, 2.05) is 6.07 Å². The zero-order valence-corrected chi connectivity index (χ0v) is 13.0. The van der Waals surface area contributed by atoms with Gasteiger partial charge in [0.15, 0.2) is 0 Å². The predicted molar refractivity (Wildman–Crippen MR) is 84.5 cm³/mol. The average Bonchev–Trinajstić information content (AvgIpc) is 2.86. The summed E-state index contributed by atoms with van der Waals surface area (Å²) in [7, 11) is 0. The van der Waals surface area contributed by atoms with Gasteiger partial charge in [-0.05, 0) is 17.5 Å². The lowest BCUT2D eigenvalue weighted by molar-refractivity contribution is 0.568. The van der Waals surface area contributed by atoms with Gasteiger partial charge in [-0.25, -0.2) is 4.98 Å². The summed E-state index contributed by atoms with van der Waals surface area (Å²) >= 11 is 13.7. The second-order valence-electron chi connectivity index (χ2n) is 4.90. The largest absolute Gasteiger partial charge is 0.382 e. The number of nitrogen functional groups attached to an aromatic ring is 1. The first-order valence-corrected chi connectivity index (χ1v) is 7.43. The summed E-state index contributed by atoms with van der Waals surface area (Å²) in [6.07, 6.45) is 0. The second-order valence-corrected chi connectivity index (χ2v) is 6.66. The number of anilines is 2. The smallest absolute Gasteiger partial charge is 0.147 e. The van der Waals surface area contributed by atoms with Gasteiger partial charge in [0.1, 0.15) is 11.6 Å². The van der Waals surface area contributed by atoms with Crippen molar-refractivity contribution in [2.24, 2.45) is 0 Å². The maximum absolute atomic E-state index is 6.09. The number of thiophene rings is 1. The number of halogens is 2. The van der Waals surface area contributed by atoms with Crippen molar-refractivity contribution in [2.45, 2.75) is 19.3 Å². The molecule has 0 atom stereocenters. The Morgan fingerprint density at radius 1 is 1.37 bits per heavy atom. The molecule has 3 N–H and O–H groups in total. The minimum Gasteiger partial charge on any atom is -0.382 e. The molecule has 0 amide bonds. The van der Waals surface area contributed by atoms with E-state index in [2.05, 4.69) is 35.6 Å². The van der Waals surface area contributed by atoms with E-state index < -0.39 is 0 Å². The Morgan fingerprint density at radius 3 is 2.74 bits per heavy atom. The molecule has 2 rings (SSSR count). The van der Waals surface area contributed by atoms with E-state index in [9.17, 15) is 0 Å². The number of rotatable bonds is 4. The van der Waals surface area contributed by atoms with Crippen LogP contribution < -0.4 is 11.1 Å². The number of aromatic nitrogens is 1. The molecule has 2 aromatic rings. The van der Waals surface area contributed by atoms with Crippen molar-refractivity contribution in [3.05, 3.63) is 38.5 Å². The van der Waals surface area contributed by atoms with E-state index in [0.29, 0.717) is 22.4 Å². The maximum Gasteiger partial charge on any atom is 0.147 e. The summed E-state index contributed by atoms with van der Waals surface area (Å²) in [5.41, 5.74) is 5.68. The summed E-state index contributed by atoms with van der Waals surface area (Å²) < 4.78 is 0. The van der Waals surface area contributed by atoms with Gasteiger partial charge >= 0.3 is 0 Å². The van der Waals surface area contributed by atoms with Gasteiger partial charge in [0, 0.05) is 16.8 Å². The summed E-state index contributed by atoms with van der Waals surface area (Å²) in [4.78, 5) is 5.47. The number of nitrogens with zero attached hydrogens (tertiary/aromatic N) is 1. The molecule has 0 unspecified atom stereocenters. The fraction of sp³-hybridized carbons (Fsp3) is 0.308. The summed E-state index contributed by atoms with van der Waals surface area (Å²) in [5.74, 6) is 0.843. The highest BCUT2D eigenvalue weighted by Gasteiger charge is 2.22. The van der Waals surface area contributed by atoms with Crippen molar-refractivity contribution >= 4 is 46.2 Å². The van der Waals surface area contributed by atoms with Gasteiger partial charge in [0.2, 0.25) is 0 Å². The molecule has 19 heavy (non-hydrogen) atoms. The molecule has 0 saturated heterocycles. The molecule has 0 radical (unpaired) electrons. The van der Waals surface area contributed by atoms with E-state index in [-0.39, 0.29) is 11.2 Å². The van der Waals surface area contributed by atoms with Crippen LogP contribution in [0.4, 0.5) is 11.6 Å². The third kappa shape index (κ3) is 3.32. The third-order valence-corrected chi connectivity index (χ3v) is 4.67. The van der Waals surface area contributed by atoms with Crippen LogP contribution in [-0.4, -0.2) is 11.5 Å². The maximum atomic E-state index is 6.09. The van der Waals surface area contributed by atoms with Crippen LogP contribution in [0.1, 0.15) is 18.7 Å². The standard InChI is InChI=1S/C13H15Cl2N3S/c1-13(2,10-4-3-5-19-10)7-17-12-9(15)6-8(14)11(16)18-12/h3-6H,7H2,1-2H3,(H3,16,17,18). The van der Waals surface area contributed by atoms with Crippen LogP contribution in [-0.2, 0) is 5.41 Å². The molecule has 6 heteroatoms. The first-order valence-electron chi connectivity index (χ1n) is 5.79. The van der Waals surface area contributed by atoms with Crippen LogP contribution in [0.2, 0.25) is 10.0 Å². The Hall–Kier alpha value is -0.970. The number of nitrogens with one attached hydrogen (secondary N) is 1. The van der Waals surface area contributed by atoms with Crippen molar-refractivity contribution in [2.75, 3.05) is 17.6 Å².